The topological polar surface area (TPSA) is 38.5 Å². The number of benzene rings is 1. The van der Waals surface area contributed by atoms with Crippen LogP contribution in [-0.2, 0) is 6.54 Å². The second kappa shape index (κ2) is 5.46. The molecule has 0 saturated carbocycles. The number of rotatable bonds is 3. The van der Waals surface area contributed by atoms with Crippen molar-refractivity contribution < 1.29 is 4.74 Å². The Labute approximate surface area is 101 Å². The maximum absolute atomic E-state index is 5.74. The molecule has 1 aliphatic heterocycles. The van der Waals surface area contributed by atoms with Crippen LogP contribution in [0.3, 0.4) is 0 Å². The number of methoxy groups -OCH3 is 1. The van der Waals surface area contributed by atoms with Crippen LogP contribution in [0, 0.1) is 0 Å². The molecule has 3 nitrogen and oxygen atoms in total. The van der Waals surface area contributed by atoms with Gasteiger partial charge >= 0.3 is 0 Å². The van der Waals surface area contributed by atoms with Crippen LogP contribution in [0.4, 0.5) is 5.69 Å². The molecule has 1 fully saturated rings. The maximum atomic E-state index is 5.74. The van der Waals surface area contributed by atoms with Gasteiger partial charge in [-0.05, 0) is 6.07 Å². The average Bonchev–Trinajstić information content (AvgIpc) is 2.33. The van der Waals surface area contributed by atoms with Gasteiger partial charge in [0.05, 0.1) is 7.11 Å². The standard InChI is InChI=1S/C12H18N2OS/c1-15-12-8-11(13)3-2-10(12)9-14-4-6-16-7-5-14/h2-3,8H,4-7,9,13H2,1H3. The Kier molecular flexibility index (Phi) is 3.96. The molecule has 0 atom stereocenters. The van der Waals surface area contributed by atoms with E-state index in [1.54, 1.807) is 7.11 Å². The number of nitrogens with zero attached hydrogens (tertiary/aromatic N) is 1. The second-order valence-electron chi connectivity index (χ2n) is 3.96. The van der Waals surface area contributed by atoms with Crippen LogP contribution >= 0.6 is 11.8 Å². The Morgan fingerprint density at radius 3 is 2.81 bits per heavy atom. The van der Waals surface area contributed by atoms with Crippen molar-refractivity contribution >= 4 is 17.4 Å². The molecular formula is C12H18N2OS. The van der Waals surface area contributed by atoms with E-state index >= 15 is 0 Å². The van der Waals surface area contributed by atoms with Gasteiger partial charge in [-0.1, -0.05) is 6.07 Å². The quantitative estimate of drug-likeness (QED) is 0.815. The second-order valence-corrected chi connectivity index (χ2v) is 5.18. The molecule has 2 rings (SSSR count). The van der Waals surface area contributed by atoms with Gasteiger partial charge in [0.25, 0.3) is 0 Å². The van der Waals surface area contributed by atoms with E-state index in [0.717, 1.165) is 31.1 Å². The molecule has 0 aromatic heterocycles. The van der Waals surface area contributed by atoms with Crippen LogP contribution in [0.15, 0.2) is 18.2 Å². The highest BCUT2D eigenvalue weighted by atomic mass is 32.2. The summed E-state index contributed by atoms with van der Waals surface area (Å²) in [5, 5.41) is 0. The zero-order valence-electron chi connectivity index (χ0n) is 9.61. The summed E-state index contributed by atoms with van der Waals surface area (Å²) in [6.07, 6.45) is 0. The van der Waals surface area contributed by atoms with Crippen LogP contribution in [0.1, 0.15) is 5.56 Å². The van der Waals surface area contributed by atoms with Crippen LogP contribution in [0.2, 0.25) is 0 Å². The van der Waals surface area contributed by atoms with Crippen molar-refractivity contribution in [2.75, 3.05) is 37.4 Å². The summed E-state index contributed by atoms with van der Waals surface area (Å²) in [5.74, 6) is 3.37. The van der Waals surface area contributed by atoms with Crippen LogP contribution in [0.5, 0.6) is 5.75 Å². The van der Waals surface area contributed by atoms with Gasteiger partial charge in [-0.3, -0.25) is 4.90 Å². The largest absolute Gasteiger partial charge is 0.496 e. The minimum Gasteiger partial charge on any atom is -0.496 e. The molecule has 0 radical (unpaired) electrons. The minimum absolute atomic E-state index is 0.759. The van der Waals surface area contributed by atoms with Gasteiger partial charge in [0.1, 0.15) is 5.75 Å². The molecular weight excluding hydrogens is 220 g/mol. The molecule has 16 heavy (non-hydrogen) atoms. The molecule has 2 N–H and O–H groups in total. The Hall–Kier alpha value is -0.870. The molecule has 1 saturated heterocycles. The van der Waals surface area contributed by atoms with E-state index in [0.29, 0.717) is 0 Å². The van der Waals surface area contributed by atoms with Crippen molar-refractivity contribution in [3.63, 3.8) is 0 Å². The van der Waals surface area contributed by atoms with Crippen LogP contribution in [0.25, 0.3) is 0 Å². The molecule has 0 bridgehead atoms. The molecule has 88 valence electrons. The number of thioether (sulfide) groups is 1. The summed E-state index contributed by atoms with van der Waals surface area (Å²) in [7, 11) is 1.70. The first-order valence-corrected chi connectivity index (χ1v) is 6.67. The molecule has 1 aromatic carbocycles. The van der Waals surface area contributed by atoms with E-state index in [1.807, 2.05) is 23.9 Å². The van der Waals surface area contributed by atoms with Gasteiger partial charge in [0, 0.05) is 48.5 Å². The summed E-state index contributed by atoms with van der Waals surface area (Å²) in [6.45, 7) is 3.29. The number of ether oxygens (including phenoxy) is 1. The smallest absolute Gasteiger partial charge is 0.125 e. The van der Waals surface area contributed by atoms with Gasteiger partial charge in [-0.15, -0.1) is 0 Å². The highest BCUT2D eigenvalue weighted by Gasteiger charge is 2.13. The maximum Gasteiger partial charge on any atom is 0.125 e. The van der Waals surface area contributed by atoms with E-state index in [1.165, 1.54) is 17.1 Å². The Bertz CT molecular complexity index is 351. The van der Waals surface area contributed by atoms with Gasteiger partial charge in [0.15, 0.2) is 0 Å². The van der Waals surface area contributed by atoms with E-state index in [9.17, 15) is 0 Å². The van der Waals surface area contributed by atoms with Gasteiger partial charge in [-0.2, -0.15) is 11.8 Å². The molecule has 1 heterocycles. The van der Waals surface area contributed by atoms with Crippen molar-refractivity contribution in [3.05, 3.63) is 23.8 Å². The Morgan fingerprint density at radius 1 is 1.38 bits per heavy atom. The summed E-state index contributed by atoms with van der Waals surface area (Å²) in [6, 6.07) is 5.90. The molecule has 0 amide bonds. The fraction of sp³-hybridized carbons (Fsp3) is 0.500. The van der Waals surface area contributed by atoms with E-state index < -0.39 is 0 Å². The Morgan fingerprint density at radius 2 is 2.12 bits per heavy atom. The highest BCUT2D eigenvalue weighted by molar-refractivity contribution is 7.99. The molecule has 1 aliphatic rings. The van der Waals surface area contributed by atoms with Crippen molar-refractivity contribution in [3.8, 4) is 5.75 Å². The fourth-order valence-corrected chi connectivity index (χ4v) is 2.87. The number of hydrogen-bond acceptors (Lipinski definition) is 4. The van der Waals surface area contributed by atoms with Crippen LogP contribution < -0.4 is 10.5 Å². The molecule has 0 spiro atoms. The molecule has 1 aromatic rings. The van der Waals surface area contributed by atoms with Gasteiger partial charge in [-0.25, -0.2) is 0 Å². The fourth-order valence-electron chi connectivity index (χ4n) is 1.89. The van der Waals surface area contributed by atoms with Gasteiger partial charge < -0.3 is 10.5 Å². The van der Waals surface area contributed by atoms with E-state index in [2.05, 4.69) is 11.0 Å². The van der Waals surface area contributed by atoms with E-state index in [4.69, 9.17) is 10.5 Å². The monoisotopic (exact) mass is 238 g/mol. The molecule has 4 heteroatoms. The van der Waals surface area contributed by atoms with E-state index in [-0.39, 0.29) is 0 Å². The summed E-state index contributed by atoms with van der Waals surface area (Å²) in [5.41, 5.74) is 7.72. The third-order valence-electron chi connectivity index (χ3n) is 2.81. The summed E-state index contributed by atoms with van der Waals surface area (Å²) in [4.78, 5) is 2.46. The Balaban J connectivity index is 2.07. The first-order chi connectivity index (χ1) is 7.79. The lowest BCUT2D eigenvalue weighted by atomic mass is 10.1. The third-order valence-corrected chi connectivity index (χ3v) is 3.75. The summed E-state index contributed by atoms with van der Waals surface area (Å²) >= 11 is 2.03. The number of nitrogens with two attached hydrogens (primary N) is 1. The zero-order valence-corrected chi connectivity index (χ0v) is 10.4. The number of nitrogen functional groups attached to an aromatic ring is 1. The van der Waals surface area contributed by atoms with Crippen molar-refractivity contribution in [1.82, 2.24) is 4.90 Å². The average molecular weight is 238 g/mol. The molecule has 0 aliphatic carbocycles. The minimum atomic E-state index is 0.759. The molecule has 0 unspecified atom stereocenters. The number of hydrogen-bond donors (Lipinski definition) is 1. The number of anilines is 1. The lowest BCUT2D eigenvalue weighted by Gasteiger charge is -2.26. The predicted molar refractivity (Wildman–Crippen MR) is 70.0 cm³/mol. The van der Waals surface area contributed by atoms with Crippen molar-refractivity contribution in [2.24, 2.45) is 0 Å². The lowest BCUT2D eigenvalue weighted by Crippen LogP contribution is -2.32. The van der Waals surface area contributed by atoms with Crippen molar-refractivity contribution in [2.45, 2.75) is 6.54 Å². The SMILES string of the molecule is COc1cc(N)ccc1CN1CCSCC1. The van der Waals surface area contributed by atoms with Crippen molar-refractivity contribution in [1.29, 1.82) is 0 Å². The first-order valence-electron chi connectivity index (χ1n) is 5.52. The summed E-state index contributed by atoms with van der Waals surface area (Å²) < 4.78 is 5.36. The first kappa shape index (κ1) is 11.6. The third kappa shape index (κ3) is 2.83. The lowest BCUT2D eigenvalue weighted by molar-refractivity contribution is 0.288. The normalized spacial score (nSPS) is 17.3. The van der Waals surface area contributed by atoms with Crippen LogP contribution in [-0.4, -0.2) is 36.6 Å². The highest BCUT2D eigenvalue weighted by Crippen LogP contribution is 2.23. The van der Waals surface area contributed by atoms with Gasteiger partial charge in [0.2, 0.25) is 0 Å². The predicted octanol–water partition coefficient (Wildman–Crippen LogP) is 1.83. The zero-order chi connectivity index (χ0) is 11.4.